The zero-order valence-electron chi connectivity index (χ0n) is 23.5. The molecule has 2 aromatic carbocycles. The van der Waals surface area contributed by atoms with Crippen molar-refractivity contribution in [1.29, 1.82) is 0 Å². The van der Waals surface area contributed by atoms with E-state index >= 15 is 0 Å². The highest BCUT2D eigenvalue weighted by Gasteiger charge is 2.25. The van der Waals surface area contributed by atoms with E-state index in [1.165, 1.54) is 10.1 Å². The van der Waals surface area contributed by atoms with Crippen LogP contribution in [0.25, 0.3) is 27.8 Å². The van der Waals surface area contributed by atoms with Gasteiger partial charge < -0.3 is 4.74 Å². The van der Waals surface area contributed by atoms with Gasteiger partial charge in [0, 0.05) is 38.5 Å². The van der Waals surface area contributed by atoms with Crippen LogP contribution < -0.4 is 11.2 Å². The van der Waals surface area contributed by atoms with Crippen LogP contribution >= 0.6 is 0 Å². The molecule has 2 fully saturated rings. The Kier molecular flexibility index (Phi) is 7.67. The summed E-state index contributed by atoms with van der Waals surface area (Å²) in [6.07, 6.45) is 6.54. The van der Waals surface area contributed by atoms with Gasteiger partial charge in [0.05, 0.1) is 17.7 Å². The van der Waals surface area contributed by atoms with E-state index in [-0.39, 0.29) is 17.3 Å². The lowest BCUT2D eigenvalue weighted by atomic mass is 9.87. The van der Waals surface area contributed by atoms with E-state index in [0.717, 1.165) is 87.3 Å². The van der Waals surface area contributed by atoms with Crippen LogP contribution in [0.15, 0.2) is 70.4 Å². The van der Waals surface area contributed by atoms with Crippen LogP contribution in [0.3, 0.4) is 0 Å². The zero-order chi connectivity index (χ0) is 27.6. The molecule has 0 N–H and O–H groups in total. The average Bonchev–Trinajstić information content (AvgIpc) is 3.24. The first-order valence-corrected chi connectivity index (χ1v) is 14.6. The summed E-state index contributed by atoms with van der Waals surface area (Å²) in [6.45, 7) is 8.74. The molecule has 7 heteroatoms. The minimum atomic E-state index is -0.303. The topological polar surface area (TPSA) is 69.4 Å². The zero-order valence-corrected chi connectivity index (χ0v) is 23.5. The van der Waals surface area contributed by atoms with Crippen LogP contribution in [0.5, 0.6) is 0 Å². The Balaban J connectivity index is 1.38. The van der Waals surface area contributed by atoms with Gasteiger partial charge in [-0.3, -0.25) is 14.3 Å². The maximum Gasteiger partial charge on any atom is 0.337 e. The van der Waals surface area contributed by atoms with Crippen molar-refractivity contribution in [1.82, 2.24) is 19.0 Å². The molecule has 4 aromatic rings. The molecule has 1 saturated heterocycles. The summed E-state index contributed by atoms with van der Waals surface area (Å²) in [6, 6.07) is 18.4. The van der Waals surface area contributed by atoms with Crippen LogP contribution in [-0.2, 0) is 11.3 Å². The summed E-state index contributed by atoms with van der Waals surface area (Å²) >= 11 is 0. The number of hydrogen-bond donors (Lipinski definition) is 0. The van der Waals surface area contributed by atoms with Crippen LogP contribution in [-0.4, -0.2) is 45.3 Å². The third kappa shape index (κ3) is 5.40. The molecular formula is C33H38N4O3. The lowest BCUT2D eigenvalue weighted by Crippen LogP contribution is -2.43. The fraction of sp³-hybridized carbons (Fsp3) is 0.424. The van der Waals surface area contributed by atoms with Crippen molar-refractivity contribution in [2.75, 3.05) is 26.3 Å². The molecule has 2 aliphatic rings. The van der Waals surface area contributed by atoms with Gasteiger partial charge >= 0.3 is 5.69 Å². The van der Waals surface area contributed by atoms with Gasteiger partial charge in [-0.25, -0.2) is 14.3 Å². The van der Waals surface area contributed by atoms with Crippen molar-refractivity contribution in [2.24, 2.45) is 5.92 Å². The van der Waals surface area contributed by atoms with Crippen LogP contribution in [0.4, 0.5) is 0 Å². The van der Waals surface area contributed by atoms with E-state index in [9.17, 15) is 9.59 Å². The number of aromatic nitrogens is 3. The van der Waals surface area contributed by atoms with Crippen molar-refractivity contribution in [2.45, 2.75) is 58.5 Å². The molecule has 208 valence electrons. The third-order valence-electron chi connectivity index (χ3n) is 8.52. The smallest absolute Gasteiger partial charge is 0.337 e. The van der Waals surface area contributed by atoms with E-state index in [1.807, 2.05) is 31.2 Å². The number of ether oxygens (including phenoxy) is 1. The fourth-order valence-corrected chi connectivity index (χ4v) is 6.21. The largest absolute Gasteiger partial charge is 0.380 e. The highest BCUT2D eigenvalue weighted by molar-refractivity contribution is 5.77. The molecule has 0 spiro atoms. The second-order valence-electron chi connectivity index (χ2n) is 11.6. The van der Waals surface area contributed by atoms with Crippen molar-refractivity contribution < 1.29 is 4.74 Å². The minimum Gasteiger partial charge on any atom is -0.380 e. The fourth-order valence-electron chi connectivity index (χ4n) is 6.21. The summed E-state index contributed by atoms with van der Waals surface area (Å²) < 4.78 is 8.73. The Bertz CT molecular complexity index is 1610. The molecule has 2 aromatic heterocycles. The Morgan fingerprint density at radius 2 is 1.73 bits per heavy atom. The summed E-state index contributed by atoms with van der Waals surface area (Å²) in [7, 11) is 0. The Morgan fingerprint density at radius 1 is 0.925 bits per heavy atom. The predicted octanol–water partition coefficient (Wildman–Crippen LogP) is 5.50. The third-order valence-corrected chi connectivity index (χ3v) is 8.52. The molecule has 40 heavy (non-hydrogen) atoms. The second-order valence-corrected chi connectivity index (χ2v) is 11.6. The van der Waals surface area contributed by atoms with Crippen molar-refractivity contribution in [3.63, 3.8) is 0 Å². The molecule has 0 radical (unpaired) electrons. The van der Waals surface area contributed by atoms with Crippen LogP contribution in [0.1, 0.15) is 56.2 Å². The van der Waals surface area contributed by atoms with Gasteiger partial charge in [0.15, 0.2) is 5.65 Å². The highest BCUT2D eigenvalue weighted by atomic mass is 16.5. The van der Waals surface area contributed by atoms with E-state index < -0.39 is 0 Å². The van der Waals surface area contributed by atoms with Gasteiger partial charge in [-0.2, -0.15) is 0 Å². The van der Waals surface area contributed by atoms with Gasteiger partial charge in [-0.1, -0.05) is 43.3 Å². The normalized spacial score (nSPS) is 20.4. The second kappa shape index (κ2) is 11.5. The summed E-state index contributed by atoms with van der Waals surface area (Å²) in [5.41, 5.74) is 4.88. The molecule has 3 heterocycles. The van der Waals surface area contributed by atoms with Gasteiger partial charge in [0.2, 0.25) is 0 Å². The first kappa shape index (κ1) is 26.7. The Hall–Kier alpha value is -3.55. The molecule has 1 aliphatic heterocycles. The standard InChI is InChI=1S/C33H38N4O3/c1-23-7-13-28(14-8-23)37-32(38)30-19-24(2)21-34-31(30)36(33(37)39)29-6-3-5-27(20-29)26-11-9-25(10-12-26)22-35-15-4-17-40-18-16-35/h3,5-6,9-12,19-21,23,28H,4,7-8,13-18,22H2,1-2H3. The number of nitrogens with zero attached hydrogens (tertiary/aromatic N) is 4. The van der Waals surface area contributed by atoms with Crippen molar-refractivity contribution in [3.05, 3.63) is 92.8 Å². The minimum absolute atomic E-state index is 0.0844. The maximum absolute atomic E-state index is 14.0. The summed E-state index contributed by atoms with van der Waals surface area (Å²) in [5, 5.41) is 0.492. The van der Waals surface area contributed by atoms with Crippen molar-refractivity contribution >= 4 is 11.0 Å². The van der Waals surface area contributed by atoms with Crippen molar-refractivity contribution in [3.8, 4) is 16.8 Å². The van der Waals surface area contributed by atoms with E-state index in [4.69, 9.17) is 4.74 Å². The number of hydrogen-bond acceptors (Lipinski definition) is 5. The number of aryl methyl sites for hydroxylation is 1. The van der Waals surface area contributed by atoms with E-state index in [2.05, 4.69) is 47.1 Å². The highest BCUT2D eigenvalue weighted by Crippen LogP contribution is 2.31. The lowest BCUT2D eigenvalue weighted by Gasteiger charge is -2.28. The number of pyridine rings is 1. The molecule has 6 rings (SSSR count). The summed E-state index contributed by atoms with van der Waals surface area (Å²) in [5.74, 6) is 0.625. The van der Waals surface area contributed by atoms with Gasteiger partial charge in [-0.05, 0) is 85.4 Å². The van der Waals surface area contributed by atoms with E-state index in [0.29, 0.717) is 17.0 Å². The Labute approximate surface area is 235 Å². The number of fused-ring (bicyclic) bond motifs is 1. The predicted molar refractivity (Wildman–Crippen MR) is 159 cm³/mol. The molecule has 7 nitrogen and oxygen atoms in total. The molecule has 0 unspecified atom stereocenters. The van der Waals surface area contributed by atoms with Crippen LogP contribution in [0.2, 0.25) is 0 Å². The van der Waals surface area contributed by atoms with Gasteiger partial charge in [0.1, 0.15) is 0 Å². The first-order valence-electron chi connectivity index (χ1n) is 14.6. The lowest BCUT2D eigenvalue weighted by molar-refractivity contribution is 0.140. The van der Waals surface area contributed by atoms with E-state index in [1.54, 1.807) is 10.8 Å². The molecular weight excluding hydrogens is 500 g/mol. The van der Waals surface area contributed by atoms with Crippen LogP contribution in [0, 0.1) is 12.8 Å². The molecule has 0 atom stereocenters. The van der Waals surface area contributed by atoms with Gasteiger partial charge in [0.25, 0.3) is 5.56 Å². The van der Waals surface area contributed by atoms with Gasteiger partial charge in [-0.15, -0.1) is 0 Å². The number of rotatable bonds is 5. The Morgan fingerprint density at radius 3 is 2.52 bits per heavy atom. The quantitative estimate of drug-likeness (QED) is 0.336. The SMILES string of the molecule is Cc1cnc2c(c1)c(=O)n(C1CCC(C)CC1)c(=O)n2-c1cccc(-c2ccc(CN3CCCOCC3)cc2)c1. The average molecular weight is 539 g/mol. The monoisotopic (exact) mass is 538 g/mol. The summed E-state index contributed by atoms with van der Waals surface area (Å²) in [4.78, 5) is 34.7. The molecule has 1 saturated carbocycles. The maximum atomic E-state index is 14.0. The molecule has 1 aliphatic carbocycles. The first-order chi connectivity index (χ1) is 19.5. The molecule has 0 bridgehead atoms. The number of benzene rings is 2. The molecule has 0 amide bonds.